The summed E-state index contributed by atoms with van der Waals surface area (Å²) in [7, 11) is 1.77. The topological polar surface area (TPSA) is 64.1 Å². The summed E-state index contributed by atoms with van der Waals surface area (Å²) in [6.07, 6.45) is 1.99. The Morgan fingerprint density at radius 2 is 1.92 bits per heavy atom. The van der Waals surface area contributed by atoms with Gasteiger partial charge in [-0.3, -0.25) is 4.99 Å². The average Bonchev–Trinajstić information content (AvgIpc) is 3.03. The standard InChI is InChI=1S/C18H29N3O3.HI/c1-14(2)7-10-22-11-9-21-18(19-3)20-8-6-15-4-5-16-17(12-15)24-13-23-16;/h4-5,12,14H,6-11,13H2,1-3H3,(H2,19,20,21);1H. The van der Waals surface area contributed by atoms with E-state index in [0.717, 1.165) is 50.0 Å². The number of rotatable bonds is 9. The zero-order chi connectivity index (χ0) is 17.2. The van der Waals surface area contributed by atoms with Gasteiger partial charge in [0, 0.05) is 26.7 Å². The molecule has 0 fully saturated rings. The van der Waals surface area contributed by atoms with Crippen molar-refractivity contribution in [1.82, 2.24) is 10.6 Å². The van der Waals surface area contributed by atoms with Crippen LogP contribution in [0.4, 0.5) is 0 Å². The summed E-state index contributed by atoms with van der Waals surface area (Å²) >= 11 is 0. The molecule has 0 saturated heterocycles. The van der Waals surface area contributed by atoms with Gasteiger partial charge < -0.3 is 24.8 Å². The summed E-state index contributed by atoms with van der Waals surface area (Å²) in [6, 6.07) is 6.05. The molecule has 0 bridgehead atoms. The third kappa shape index (κ3) is 8.13. The number of nitrogens with one attached hydrogen (secondary N) is 2. The molecule has 6 nitrogen and oxygen atoms in total. The van der Waals surface area contributed by atoms with Gasteiger partial charge in [-0.25, -0.2) is 0 Å². The Balaban J connectivity index is 0.00000312. The Bertz CT molecular complexity index is 538. The first-order valence-electron chi connectivity index (χ1n) is 8.60. The second-order valence-electron chi connectivity index (χ2n) is 6.16. The van der Waals surface area contributed by atoms with E-state index >= 15 is 0 Å². The van der Waals surface area contributed by atoms with Crippen LogP contribution in [0.2, 0.25) is 0 Å². The third-order valence-corrected chi connectivity index (χ3v) is 3.75. The van der Waals surface area contributed by atoms with Crippen molar-refractivity contribution in [3.05, 3.63) is 23.8 Å². The van der Waals surface area contributed by atoms with Gasteiger partial charge in [-0.05, 0) is 36.5 Å². The average molecular weight is 463 g/mol. The number of hydrogen-bond donors (Lipinski definition) is 2. The number of ether oxygens (including phenoxy) is 3. The third-order valence-electron chi connectivity index (χ3n) is 3.75. The van der Waals surface area contributed by atoms with Crippen molar-refractivity contribution in [3.63, 3.8) is 0 Å². The summed E-state index contributed by atoms with van der Waals surface area (Å²) in [5.41, 5.74) is 1.21. The highest BCUT2D eigenvalue weighted by molar-refractivity contribution is 14.0. The number of benzene rings is 1. The van der Waals surface area contributed by atoms with Gasteiger partial charge in [-0.15, -0.1) is 24.0 Å². The van der Waals surface area contributed by atoms with E-state index in [0.29, 0.717) is 19.3 Å². The Morgan fingerprint density at radius 3 is 2.68 bits per heavy atom. The van der Waals surface area contributed by atoms with Gasteiger partial charge in [0.2, 0.25) is 6.79 Å². The molecule has 0 unspecified atom stereocenters. The van der Waals surface area contributed by atoms with Crippen LogP contribution >= 0.6 is 24.0 Å². The van der Waals surface area contributed by atoms with E-state index in [-0.39, 0.29) is 24.0 Å². The maximum atomic E-state index is 5.58. The minimum absolute atomic E-state index is 0. The molecule has 25 heavy (non-hydrogen) atoms. The lowest BCUT2D eigenvalue weighted by Gasteiger charge is -2.12. The van der Waals surface area contributed by atoms with Crippen LogP contribution in [0.25, 0.3) is 0 Å². The normalized spacial score (nSPS) is 12.9. The smallest absolute Gasteiger partial charge is 0.231 e. The van der Waals surface area contributed by atoms with Crippen molar-refractivity contribution < 1.29 is 14.2 Å². The van der Waals surface area contributed by atoms with Gasteiger partial charge in [0.05, 0.1) is 6.61 Å². The van der Waals surface area contributed by atoms with Crippen molar-refractivity contribution in [2.24, 2.45) is 10.9 Å². The highest BCUT2D eigenvalue weighted by atomic mass is 127. The molecule has 1 aliphatic heterocycles. The minimum atomic E-state index is 0. The SMILES string of the molecule is CN=C(NCCOCCC(C)C)NCCc1ccc2c(c1)OCO2.I. The summed E-state index contributed by atoms with van der Waals surface area (Å²) < 4.78 is 16.3. The monoisotopic (exact) mass is 463 g/mol. The molecular weight excluding hydrogens is 433 g/mol. The molecule has 7 heteroatoms. The quantitative estimate of drug-likeness (QED) is 0.255. The van der Waals surface area contributed by atoms with Crippen molar-refractivity contribution in [3.8, 4) is 11.5 Å². The van der Waals surface area contributed by atoms with E-state index < -0.39 is 0 Å². The Kier molecular flexibility index (Phi) is 10.6. The van der Waals surface area contributed by atoms with Crippen LogP contribution in [0.15, 0.2) is 23.2 Å². The molecule has 142 valence electrons. The number of nitrogens with zero attached hydrogens (tertiary/aromatic N) is 1. The van der Waals surface area contributed by atoms with E-state index in [1.807, 2.05) is 12.1 Å². The van der Waals surface area contributed by atoms with E-state index in [1.54, 1.807) is 7.05 Å². The van der Waals surface area contributed by atoms with Crippen LogP contribution in [0.3, 0.4) is 0 Å². The van der Waals surface area contributed by atoms with E-state index in [4.69, 9.17) is 14.2 Å². The summed E-state index contributed by atoms with van der Waals surface area (Å²) in [5.74, 6) is 3.13. The lowest BCUT2D eigenvalue weighted by Crippen LogP contribution is -2.39. The number of halogens is 1. The van der Waals surface area contributed by atoms with Crippen LogP contribution in [0.1, 0.15) is 25.8 Å². The zero-order valence-corrected chi connectivity index (χ0v) is 17.7. The molecule has 2 rings (SSSR count). The maximum Gasteiger partial charge on any atom is 0.231 e. The van der Waals surface area contributed by atoms with E-state index in [9.17, 15) is 0 Å². The van der Waals surface area contributed by atoms with Crippen LogP contribution < -0.4 is 20.1 Å². The van der Waals surface area contributed by atoms with Gasteiger partial charge in [0.1, 0.15) is 0 Å². The predicted octanol–water partition coefficient (Wildman–Crippen LogP) is 2.80. The van der Waals surface area contributed by atoms with E-state index in [1.165, 1.54) is 5.56 Å². The van der Waals surface area contributed by atoms with Crippen LogP contribution in [0, 0.1) is 5.92 Å². The van der Waals surface area contributed by atoms with Gasteiger partial charge in [0.25, 0.3) is 0 Å². The van der Waals surface area contributed by atoms with Gasteiger partial charge in [-0.2, -0.15) is 0 Å². The van der Waals surface area contributed by atoms with Crippen molar-refractivity contribution in [2.75, 3.05) is 40.1 Å². The highest BCUT2D eigenvalue weighted by Crippen LogP contribution is 2.32. The fraction of sp³-hybridized carbons (Fsp3) is 0.611. The Labute approximate surface area is 167 Å². The first-order valence-corrected chi connectivity index (χ1v) is 8.60. The van der Waals surface area contributed by atoms with Crippen molar-refractivity contribution in [2.45, 2.75) is 26.7 Å². The molecule has 0 aliphatic carbocycles. The molecule has 1 aromatic rings. The number of aliphatic imine (C=N–C) groups is 1. The highest BCUT2D eigenvalue weighted by Gasteiger charge is 2.12. The molecule has 1 aromatic carbocycles. The molecular formula is C18H30IN3O3. The predicted molar refractivity (Wildman–Crippen MR) is 111 cm³/mol. The molecule has 0 aromatic heterocycles. The molecule has 0 radical (unpaired) electrons. The number of fused-ring (bicyclic) bond motifs is 1. The number of hydrogen-bond acceptors (Lipinski definition) is 4. The largest absolute Gasteiger partial charge is 0.454 e. The van der Waals surface area contributed by atoms with Crippen molar-refractivity contribution >= 4 is 29.9 Å². The zero-order valence-electron chi connectivity index (χ0n) is 15.3. The molecule has 2 N–H and O–H groups in total. The second kappa shape index (κ2) is 12.2. The van der Waals surface area contributed by atoms with Gasteiger partial charge >= 0.3 is 0 Å². The first-order chi connectivity index (χ1) is 11.7. The lowest BCUT2D eigenvalue weighted by atomic mass is 10.1. The van der Waals surface area contributed by atoms with Crippen molar-refractivity contribution in [1.29, 1.82) is 0 Å². The maximum absolute atomic E-state index is 5.58. The molecule has 1 heterocycles. The molecule has 0 atom stereocenters. The first kappa shape index (κ1) is 21.8. The fourth-order valence-corrected chi connectivity index (χ4v) is 2.31. The van der Waals surface area contributed by atoms with Gasteiger partial charge in [-0.1, -0.05) is 19.9 Å². The molecule has 0 amide bonds. The molecule has 1 aliphatic rings. The number of guanidine groups is 1. The Hall–Kier alpha value is -1.22. The molecule has 0 saturated carbocycles. The minimum Gasteiger partial charge on any atom is -0.454 e. The summed E-state index contributed by atoms with van der Waals surface area (Å²) in [4.78, 5) is 4.22. The van der Waals surface area contributed by atoms with Crippen LogP contribution in [-0.4, -0.2) is 46.1 Å². The van der Waals surface area contributed by atoms with Gasteiger partial charge in [0.15, 0.2) is 17.5 Å². The second-order valence-corrected chi connectivity index (χ2v) is 6.16. The Morgan fingerprint density at radius 1 is 1.16 bits per heavy atom. The van der Waals surface area contributed by atoms with Crippen LogP contribution in [-0.2, 0) is 11.2 Å². The van der Waals surface area contributed by atoms with E-state index in [2.05, 4.69) is 35.5 Å². The lowest BCUT2D eigenvalue weighted by molar-refractivity contribution is 0.128. The summed E-state index contributed by atoms with van der Waals surface area (Å²) in [6.45, 7) is 7.77. The van der Waals surface area contributed by atoms with Crippen LogP contribution in [0.5, 0.6) is 11.5 Å². The molecule has 0 spiro atoms. The summed E-state index contributed by atoms with van der Waals surface area (Å²) in [5, 5.41) is 6.56. The fourth-order valence-electron chi connectivity index (χ4n) is 2.31.